The van der Waals surface area contributed by atoms with E-state index in [0.717, 1.165) is 39.1 Å². The number of carbonyl (C=O) groups is 1. The van der Waals surface area contributed by atoms with Gasteiger partial charge in [-0.1, -0.05) is 18.2 Å². The monoisotopic (exact) mass is 399 g/mol. The van der Waals surface area contributed by atoms with Crippen molar-refractivity contribution in [1.29, 1.82) is 0 Å². The van der Waals surface area contributed by atoms with Gasteiger partial charge in [-0.25, -0.2) is 14.4 Å². The minimum Gasteiger partial charge on any atom is -0.367 e. The SMILES string of the molecule is O=C1C2C=CC=NC2=NC(=S)N1CCCN1CCN(c2ccccc2F)CC1. The second kappa shape index (κ2) is 8.28. The molecule has 1 fully saturated rings. The van der Waals surface area contributed by atoms with E-state index in [9.17, 15) is 9.18 Å². The Hall–Kier alpha value is -2.45. The van der Waals surface area contributed by atoms with Crippen molar-refractivity contribution in [3.63, 3.8) is 0 Å². The molecule has 0 N–H and O–H groups in total. The number of hydrogen-bond acceptors (Lipinski definition) is 5. The van der Waals surface area contributed by atoms with Crippen LogP contribution in [-0.2, 0) is 4.79 Å². The fourth-order valence-electron chi connectivity index (χ4n) is 3.74. The molecule has 6 nitrogen and oxygen atoms in total. The Balaban J connectivity index is 1.26. The summed E-state index contributed by atoms with van der Waals surface area (Å²) in [5.41, 5.74) is 0.670. The molecule has 0 saturated carbocycles. The summed E-state index contributed by atoms with van der Waals surface area (Å²) in [5.74, 6) is -0.152. The molecule has 4 rings (SSSR count). The lowest BCUT2D eigenvalue weighted by Crippen LogP contribution is -2.49. The van der Waals surface area contributed by atoms with Gasteiger partial charge < -0.3 is 4.90 Å². The summed E-state index contributed by atoms with van der Waals surface area (Å²) in [6.07, 6.45) is 6.02. The number of allylic oxidation sites excluding steroid dienone is 1. The van der Waals surface area contributed by atoms with Gasteiger partial charge in [0, 0.05) is 38.9 Å². The van der Waals surface area contributed by atoms with Crippen LogP contribution in [0.15, 0.2) is 46.4 Å². The van der Waals surface area contributed by atoms with Crippen molar-refractivity contribution in [3.05, 3.63) is 42.2 Å². The number of amides is 1. The molecule has 0 spiro atoms. The Kier molecular flexibility index (Phi) is 5.59. The number of benzene rings is 1. The Morgan fingerprint density at radius 2 is 1.93 bits per heavy atom. The van der Waals surface area contributed by atoms with Crippen LogP contribution in [0.25, 0.3) is 0 Å². The Bertz CT molecular complexity index is 860. The topological polar surface area (TPSA) is 51.5 Å². The lowest BCUT2D eigenvalue weighted by atomic mass is 10.0. The maximum Gasteiger partial charge on any atom is 0.243 e. The molecular weight excluding hydrogens is 377 g/mol. The molecule has 1 atom stereocenters. The van der Waals surface area contributed by atoms with Crippen LogP contribution in [0.2, 0.25) is 0 Å². The number of anilines is 1. The molecule has 1 aromatic rings. The molecule has 1 amide bonds. The van der Waals surface area contributed by atoms with Gasteiger partial charge in [0.25, 0.3) is 0 Å². The summed E-state index contributed by atoms with van der Waals surface area (Å²) >= 11 is 5.29. The molecule has 28 heavy (non-hydrogen) atoms. The third-order valence-corrected chi connectivity index (χ3v) is 5.58. The summed E-state index contributed by atoms with van der Waals surface area (Å²) in [7, 11) is 0. The highest BCUT2D eigenvalue weighted by atomic mass is 32.1. The third kappa shape index (κ3) is 3.88. The normalized spacial score (nSPS) is 22.5. The molecule has 1 saturated heterocycles. The average molecular weight is 399 g/mol. The van der Waals surface area contributed by atoms with E-state index in [4.69, 9.17) is 12.2 Å². The quantitative estimate of drug-likeness (QED) is 0.712. The van der Waals surface area contributed by atoms with Crippen molar-refractivity contribution in [2.24, 2.45) is 15.9 Å². The zero-order chi connectivity index (χ0) is 19.5. The van der Waals surface area contributed by atoms with E-state index in [1.165, 1.54) is 6.07 Å². The zero-order valence-electron chi connectivity index (χ0n) is 15.5. The van der Waals surface area contributed by atoms with E-state index >= 15 is 0 Å². The van der Waals surface area contributed by atoms with Crippen LogP contribution < -0.4 is 4.90 Å². The van der Waals surface area contributed by atoms with Gasteiger partial charge in [-0.15, -0.1) is 0 Å². The highest BCUT2D eigenvalue weighted by Gasteiger charge is 2.34. The highest BCUT2D eigenvalue weighted by Crippen LogP contribution is 2.21. The lowest BCUT2D eigenvalue weighted by Gasteiger charge is -2.36. The number of rotatable bonds is 5. The maximum absolute atomic E-state index is 13.9. The number of halogens is 1. The van der Waals surface area contributed by atoms with E-state index in [-0.39, 0.29) is 11.7 Å². The lowest BCUT2D eigenvalue weighted by molar-refractivity contribution is -0.128. The largest absolute Gasteiger partial charge is 0.367 e. The van der Waals surface area contributed by atoms with E-state index in [0.29, 0.717) is 23.2 Å². The number of piperazine rings is 1. The second-order valence-electron chi connectivity index (χ2n) is 7.02. The summed E-state index contributed by atoms with van der Waals surface area (Å²) in [4.78, 5) is 27.1. The minimum atomic E-state index is -0.416. The van der Waals surface area contributed by atoms with Gasteiger partial charge >= 0.3 is 0 Å². The fourth-order valence-corrected chi connectivity index (χ4v) is 4.01. The third-order valence-electron chi connectivity index (χ3n) is 5.27. The van der Waals surface area contributed by atoms with Gasteiger partial charge in [0.15, 0.2) is 0 Å². The number of amidine groups is 1. The van der Waals surface area contributed by atoms with Gasteiger partial charge in [-0.3, -0.25) is 14.6 Å². The van der Waals surface area contributed by atoms with Crippen molar-refractivity contribution in [1.82, 2.24) is 9.80 Å². The molecule has 8 heteroatoms. The maximum atomic E-state index is 13.9. The number of carbonyl (C=O) groups excluding carboxylic acids is 1. The van der Waals surface area contributed by atoms with E-state index in [1.807, 2.05) is 18.2 Å². The van der Waals surface area contributed by atoms with Crippen molar-refractivity contribution >= 4 is 41.0 Å². The van der Waals surface area contributed by atoms with Crippen LogP contribution in [0.3, 0.4) is 0 Å². The van der Waals surface area contributed by atoms with Crippen LogP contribution in [0, 0.1) is 11.7 Å². The first-order valence-electron chi connectivity index (χ1n) is 9.50. The number of hydrogen-bond donors (Lipinski definition) is 0. The Morgan fingerprint density at radius 1 is 1.14 bits per heavy atom. The minimum absolute atomic E-state index is 0.0486. The predicted molar refractivity (Wildman–Crippen MR) is 113 cm³/mol. The number of fused-ring (bicyclic) bond motifs is 1. The van der Waals surface area contributed by atoms with E-state index in [2.05, 4.69) is 19.8 Å². The van der Waals surface area contributed by atoms with Crippen molar-refractivity contribution in [2.45, 2.75) is 6.42 Å². The van der Waals surface area contributed by atoms with E-state index < -0.39 is 5.92 Å². The van der Waals surface area contributed by atoms with Gasteiger partial charge in [-0.2, -0.15) is 0 Å². The van der Waals surface area contributed by atoms with Crippen molar-refractivity contribution < 1.29 is 9.18 Å². The standard InChI is InChI=1S/C20H22FN5OS/c21-16-6-1-2-7-17(16)25-13-11-24(12-14-25)9-4-10-26-19(27)15-5-3-8-22-18(15)23-20(26)28/h1-3,5-8,15H,4,9-14H2. The van der Waals surface area contributed by atoms with E-state index in [1.54, 1.807) is 23.3 Å². The first-order chi connectivity index (χ1) is 13.6. The van der Waals surface area contributed by atoms with Crippen LogP contribution in [0.4, 0.5) is 10.1 Å². The van der Waals surface area contributed by atoms with Gasteiger partial charge in [0.05, 0.1) is 5.69 Å². The average Bonchev–Trinajstić information content (AvgIpc) is 2.71. The number of nitrogens with zero attached hydrogens (tertiary/aromatic N) is 5. The van der Waals surface area contributed by atoms with Crippen LogP contribution in [-0.4, -0.2) is 72.1 Å². The smallest absolute Gasteiger partial charge is 0.243 e. The first-order valence-corrected chi connectivity index (χ1v) is 9.91. The summed E-state index contributed by atoms with van der Waals surface area (Å²) in [5, 5.41) is 0.299. The summed E-state index contributed by atoms with van der Waals surface area (Å²) in [6.45, 7) is 4.74. The van der Waals surface area contributed by atoms with Crippen LogP contribution >= 0.6 is 12.2 Å². The molecule has 3 aliphatic rings. The van der Waals surface area contributed by atoms with Crippen molar-refractivity contribution in [2.75, 3.05) is 44.2 Å². The molecule has 0 bridgehead atoms. The van der Waals surface area contributed by atoms with Crippen LogP contribution in [0.5, 0.6) is 0 Å². The molecule has 0 radical (unpaired) electrons. The fraction of sp³-hybridized carbons (Fsp3) is 0.400. The van der Waals surface area contributed by atoms with Gasteiger partial charge in [0.2, 0.25) is 11.0 Å². The Labute approximate surface area is 169 Å². The Morgan fingerprint density at radius 3 is 2.71 bits per heavy atom. The molecule has 1 unspecified atom stereocenters. The highest BCUT2D eigenvalue weighted by molar-refractivity contribution is 7.80. The molecular formula is C20H22FN5OS. The molecule has 3 aliphatic heterocycles. The molecule has 0 aliphatic carbocycles. The number of aliphatic imine (C=N–C) groups is 2. The molecule has 1 aromatic carbocycles. The summed E-state index contributed by atoms with van der Waals surface area (Å²) in [6, 6.07) is 6.90. The van der Waals surface area contributed by atoms with Gasteiger partial charge in [0.1, 0.15) is 17.6 Å². The molecule has 3 heterocycles. The second-order valence-corrected chi connectivity index (χ2v) is 7.38. The predicted octanol–water partition coefficient (Wildman–Crippen LogP) is 2.12. The number of para-hydroxylation sites is 1. The first kappa shape index (κ1) is 18.9. The number of thiocarbonyl (C=S) groups is 1. The van der Waals surface area contributed by atoms with Crippen molar-refractivity contribution in [3.8, 4) is 0 Å². The zero-order valence-corrected chi connectivity index (χ0v) is 16.3. The number of dihydropyridines is 1. The van der Waals surface area contributed by atoms with Gasteiger partial charge in [-0.05, 0) is 43.4 Å². The molecule has 146 valence electrons. The summed E-state index contributed by atoms with van der Waals surface area (Å²) < 4.78 is 13.9. The van der Waals surface area contributed by atoms with Crippen LogP contribution in [0.1, 0.15) is 6.42 Å². The molecule has 0 aromatic heterocycles.